The molecule has 0 aromatic carbocycles. The molecule has 3 nitrogen and oxygen atoms in total. The lowest BCUT2D eigenvalue weighted by molar-refractivity contribution is 0.0305. The Labute approximate surface area is 130 Å². The van der Waals surface area contributed by atoms with E-state index in [2.05, 4.69) is 11.8 Å². The van der Waals surface area contributed by atoms with Crippen molar-refractivity contribution >= 4 is 0 Å². The van der Waals surface area contributed by atoms with Crippen molar-refractivity contribution in [3.8, 4) is 0 Å². The number of rotatable bonds is 4. The second-order valence-corrected chi connectivity index (χ2v) is 8.03. The molecule has 0 aromatic rings. The third-order valence-electron chi connectivity index (χ3n) is 6.26. The van der Waals surface area contributed by atoms with Crippen molar-refractivity contribution in [1.29, 1.82) is 0 Å². The Hall–Kier alpha value is -0.120. The highest BCUT2D eigenvalue weighted by Crippen LogP contribution is 2.35. The van der Waals surface area contributed by atoms with E-state index >= 15 is 0 Å². The topological polar surface area (TPSA) is 38.5 Å². The quantitative estimate of drug-likeness (QED) is 0.864. The van der Waals surface area contributed by atoms with Crippen LogP contribution in [0.5, 0.6) is 0 Å². The zero-order chi connectivity index (χ0) is 14.7. The fraction of sp³-hybridized carbons (Fsp3) is 1.00. The summed E-state index contributed by atoms with van der Waals surface area (Å²) in [7, 11) is 0. The molecule has 2 aliphatic carbocycles. The molecule has 122 valence electrons. The van der Waals surface area contributed by atoms with Crippen molar-refractivity contribution in [3.63, 3.8) is 0 Å². The normalized spacial score (nSPS) is 36.4. The molecule has 0 bridgehead atoms. The molecule has 1 heterocycles. The first-order chi connectivity index (χ1) is 10.2. The van der Waals surface area contributed by atoms with Gasteiger partial charge in [-0.1, -0.05) is 45.4 Å². The zero-order valence-electron chi connectivity index (χ0n) is 13.9. The SMILES string of the molecule is CC1(CN(C2CCCCC2)C2CCCCC2)COCC1N. The van der Waals surface area contributed by atoms with Crippen LogP contribution in [0, 0.1) is 5.41 Å². The summed E-state index contributed by atoms with van der Waals surface area (Å²) in [4.78, 5) is 2.88. The predicted octanol–water partition coefficient (Wildman–Crippen LogP) is 3.32. The fourth-order valence-electron chi connectivity index (χ4n) is 4.69. The Morgan fingerprint density at radius 1 is 0.952 bits per heavy atom. The van der Waals surface area contributed by atoms with Crippen LogP contribution < -0.4 is 5.73 Å². The van der Waals surface area contributed by atoms with Gasteiger partial charge in [-0.25, -0.2) is 0 Å². The molecule has 1 aliphatic heterocycles. The van der Waals surface area contributed by atoms with E-state index in [1.54, 1.807) is 0 Å². The largest absolute Gasteiger partial charge is 0.379 e. The van der Waals surface area contributed by atoms with Gasteiger partial charge in [0.25, 0.3) is 0 Å². The van der Waals surface area contributed by atoms with Gasteiger partial charge in [0.1, 0.15) is 0 Å². The van der Waals surface area contributed by atoms with Crippen LogP contribution in [0.3, 0.4) is 0 Å². The highest BCUT2D eigenvalue weighted by Gasteiger charge is 2.42. The zero-order valence-corrected chi connectivity index (χ0v) is 13.9. The fourth-order valence-corrected chi connectivity index (χ4v) is 4.69. The molecule has 2 N–H and O–H groups in total. The summed E-state index contributed by atoms with van der Waals surface area (Å²) in [5.74, 6) is 0. The van der Waals surface area contributed by atoms with Crippen LogP contribution in [0.4, 0.5) is 0 Å². The van der Waals surface area contributed by atoms with Gasteiger partial charge in [-0.3, -0.25) is 4.90 Å². The number of nitrogens with zero attached hydrogens (tertiary/aromatic N) is 1. The van der Waals surface area contributed by atoms with Crippen LogP contribution in [-0.2, 0) is 4.74 Å². The third-order valence-corrected chi connectivity index (χ3v) is 6.26. The first kappa shape index (κ1) is 15.8. The van der Waals surface area contributed by atoms with Crippen LogP contribution in [0.2, 0.25) is 0 Å². The lowest BCUT2D eigenvalue weighted by Crippen LogP contribution is -2.54. The lowest BCUT2D eigenvalue weighted by Gasteiger charge is -2.45. The predicted molar refractivity (Wildman–Crippen MR) is 87.4 cm³/mol. The number of hydrogen-bond donors (Lipinski definition) is 1. The summed E-state index contributed by atoms with van der Waals surface area (Å²) in [5, 5.41) is 0. The Bertz CT molecular complexity index is 305. The molecule has 0 amide bonds. The van der Waals surface area contributed by atoms with Crippen LogP contribution in [0.15, 0.2) is 0 Å². The lowest BCUT2D eigenvalue weighted by atomic mass is 9.81. The van der Waals surface area contributed by atoms with Crippen molar-refractivity contribution in [2.75, 3.05) is 19.8 Å². The average Bonchev–Trinajstić information content (AvgIpc) is 2.86. The van der Waals surface area contributed by atoms with Crippen molar-refractivity contribution in [2.45, 2.75) is 89.3 Å². The first-order valence-corrected chi connectivity index (χ1v) is 9.28. The van der Waals surface area contributed by atoms with Crippen LogP contribution in [-0.4, -0.2) is 42.8 Å². The van der Waals surface area contributed by atoms with E-state index in [0.717, 1.165) is 31.8 Å². The van der Waals surface area contributed by atoms with Gasteiger partial charge in [0.05, 0.1) is 13.2 Å². The van der Waals surface area contributed by atoms with E-state index in [9.17, 15) is 0 Å². The molecule has 0 spiro atoms. The molecule has 0 radical (unpaired) electrons. The summed E-state index contributed by atoms with van der Waals surface area (Å²) >= 11 is 0. The minimum atomic E-state index is 0.162. The molecule has 2 atom stereocenters. The summed E-state index contributed by atoms with van der Waals surface area (Å²) in [5.41, 5.74) is 6.53. The van der Waals surface area contributed by atoms with Gasteiger partial charge in [-0.2, -0.15) is 0 Å². The van der Waals surface area contributed by atoms with Gasteiger partial charge < -0.3 is 10.5 Å². The molecule has 0 aromatic heterocycles. The number of nitrogens with two attached hydrogens (primary N) is 1. The van der Waals surface area contributed by atoms with Crippen LogP contribution in [0.1, 0.15) is 71.1 Å². The molecule has 21 heavy (non-hydrogen) atoms. The standard InChI is InChI=1S/C18H34N2O/c1-18(14-21-12-17(18)19)13-20(15-8-4-2-5-9-15)16-10-6-3-7-11-16/h15-17H,2-14,19H2,1H3. The minimum absolute atomic E-state index is 0.162. The molecule has 2 unspecified atom stereocenters. The maximum absolute atomic E-state index is 6.37. The minimum Gasteiger partial charge on any atom is -0.379 e. The van der Waals surface area contributed by atoms with Gasteiger partial charge >= 0.3 is 0 Å². The second kappa shape index (κ2) is 6.97. The van der Waals surface area contributed by atoms with Crippen molar-refractivity contribution in [3.05, 3.63) is 0 Å². The van der Waals surface area contributed by atoms with E-state index in [0.29, 0.717) is 0 Å². The highest BCUT2D eigenvalue weighted by molar-refractivity contribution is 4.96. The molecule has 3 rings (SSSR count). The summed E-state index contributed by atoms with van der Waals surface area (Å²) in [6.07, 6.45) is 14.2. The maximum atomic E-state index is 6.37. The molecular weight excluding hydrogens is 260 g/mol. The van der Waals surface area contributed by atoms with E-state index in [1.807, 2.05) is 0 Å². The Balaban J connectivity index is 1.71. The van der Waals surface area contributed by atoms with Gasteiger partial charge in [0.2, 0.25) is 0 Å². The molecular formula is C18H34N2O. The number of hydrogen-bond acceptors (Lipinski definition) is 3. The molecule has 3 heteroatoms. The molecule has 2 saturated carbocycles. The molecule has 3 fully saturated rings. The van der Waals surface area contributed by atoms with Gasteiger partial charge in [0.15, 0.2) is 0 Å². The smallest absolute Gasteiger partial charge is 0.0624 e. The van der Waals surface area contributed by atoms with E-state index in [-0.39, 0.29) is 11.5 Å². The van der Waals surface area contributed by atoms with Gasteiger partial charge in [-0.05, 0) is 25.7 Å². The monoisotopic (exact) mass is 294 g/mol. The Morgan fingerprint density at radius 3 is 1.90 bits per heavy atom. The van der Waals surface area contributed by atoms with E-state index in [4.69, 9.17) is 10.5 Å². The van der Waals surface area contributed by atoms with Crippen LogP contribution in [0.25, 0.3) is 0 Å². The third kappa shape index (κ3) is 3.62. The number of ether oxygens (including phenoxy) is 1. The summed E-state index contributed by atoms with van der Waals surface area (Å²) in [6.45, 7) is 5.11. The molecule has 1 saturated heterocycles. The van der Waals surface area contributed by atoms with Crippen molar-refractivity contribution in [2.24, 2.45) is 11.1 Å². The average molecular weight is 294 g/mol. The second-order valence-electron chi connectivity index (χ2n) is 8.03. The van der Waals surface area contributed by atoms with E-state index in [1.165, 1.54) is 64.2 Å². The first-order valence-electron chi connectivity index (χ1n) is 9.28. The summed E-state index contributed by atoms with van der Waals surface area (Å²) in [6, 6.07) is 1.84. The Kier molecular flexibility index (Phi) is 5.23. The van der Waals surface area contributed by atoms with Crippen molar-refractivity contribution < 1.29 is 4.74 Å². The molecule has 3 aliphatic rings. The van der Waals surface area contributed by atoms with Gasteiger partial charge in [-0.15, -0.1) is 0 Å². The van der Waals surface area contributed by atoms with Crippen LogP contribution >= 0.6 is 0 Å². The highest BCUT2D eigenvalue weighted by atomic mass is 16.5. The Morgan fingerprint density at radius 2 is 1.48 bits per heavy atom. The van der Waals surface area contributed by atoms with Gasteiger partial charge in [0, 0.05) is 30.1 Å². The maximum Gasteiger partial charge on any atom is 0.0624 e. The van der Waals surface area contributed by atoms with Crippen molar-refractivity contribution in [1.82, 2.24) is 4.90 Å². The summed E-state index contributed by atoms with van der Waals surface area (Å²) < 4.78 is 5.70. The van der Waals surface area contributed by atoms with E-state index < -0.39 is 0 Å².